The summed E-state index contributed by atoms with van der Waals surface area (Å²) in [6, 6.07) is 14.5. The van der Waals surface area contributed by atoms with Gasteiger partial charge in [0, 0.05) is 12.7 Å². The van der Waals surface area contributed by atoms with E-state index in [1.54, 1.807) is 31.4 Å². The van der Waals surface area contributed by atoms with Gasteiger partial charge in [0.15, 0.2) is 11.5 Å². The number of benzene rings is 2. The number of hydrogen-bond acceptors (Lipinski definition) is 6. The minimum atomic E-state index is -0.479. The quantitative estimate of drug-likeness (QED) is 0.614. The van der Waals surface area contributed by atoms with Gasteiger partial charge in [0.25, 0.3) is 5.91 Å². The summed E-state index contributed by atoms with van der Waals surface area (Å²) in [5.41, 5.74) is 1.46. The number of methoxy groups -OCH3 is 1. The highest BCUT2D eigenvalue weighted by Gasteiger charge is 2.14. The van der Waals surface area contributed by atoms with Crippen LogP contribution in [0, 0.1) is 11.3 Å². The second kappa shape index (κ2) is 7.94. The smallest absolute Gasteiger partial charge is 0.263 e. The second-order valence-electron chi connectivity index (χ2n) is 5.38. The fraction of sp³-hybridized carbons (Fsp3) is 0.158. The van der Waals surface area contributed by atoms with Crippen molar-refractivity contribution in [3.05, 3.63) is 59.8 Å². The Balaban J connectivity index is 1.62. The molecule has 0 spiro atoms. The summed E-state index contributed by atoms with van der Waals surface area (Å²) in [6.45, 7) is 0.463. The largest absolute Gasteiger partial charge is 0.495 e. The van der Waals surface area contributed by atoms with Crippen LogP contribution >= 0.6 is 0 Å². The molecule has 1 amide bonds. The minimum absolute atomic E-state index is 0.0448. The molecule has 0 saturated heterocycles. The molecule has 1 aliphatic heterocycles. The van der Waals surface area contributed by atoms with Crippen molar-refractivity contribution in [1.29, 1.82) is 5.26 Å². The van der Waals surface area contributed by atoms with E-state index in [4.69, 9.17) is 14.2 Å². The highest BCUT2D eigenvalue weighted by Crippen LogP contribution is 2.32. The van der Waals surface area contributed by atoms with Crippen molar-refractivity contribution >= 4 is 11.6 Å². The van der Waals surface area contributed by atoms with Gasteiger partial charge in [0.1, 0.15) is 17.4 Å². The molecule has 1 heterocycles. The van der Waals surface area contributed by atoms with Crippen LogP contribution in [0.15, 0.2) is 54.2 Å². The number of nitrogens with zero attached hydrogens (tertiary/aromatic N) is 1. The molecule has 26 heavy (non-hydrogen) atoms. The lowest BCUT2D eigenvalue weighted by Crippen LogP contribution is -2.24. The van der Waals surface area contributed by atoms with E-state index >= 15 is 0 Å². The first-order valence-corrected chi connectivity index (χ1v) is 7.88. The molecule has 0 aliphatic carbocycles. The summed E-state index contributed by atoms with van der Waals surface area (Å²) in [6.07, 6.45) is 1.35. The lowest BCUT2D eigenvalue weighted by atomic mass is 10.2. The number of ether oxygens (including phenoxy) is 3. The average Bonchev–Trinajstić information content (AvgIpc) is 3.15. The third kappa shape index (κ3) is 3.87. The zero-order valence-electron chi connectivity index (χ0n) is 14.1. The topological polar surface area (TPSA) is 92.6 Å². The van der Waals surface area contributed by atoms with Crippen molar-refractivity contribution in [3.8, 4) is 23.3 Å². The molecule has 0 fully saturated rings. The number of carbonyl (C=O) groups is 1. The van der Waals surface area contributed by atoms with Crippen molar-refractivity contribution in [1.82, 2.24) is 5.32 Å². The molecule has 7 heteroatoms. The summed E-state index contributed by atoms with van der Waals surface area (Å²) < 4.78 is 15.8. The zero-order valence-corrected chi connectivity index (χ0v) is 14.1. The van der Waals surface area contributed by atoms with Crippen LogP contribution in [0.2, 0.25) is 0 Å². The number of para-hydroxylation sites is 2. The Morgan fingerprint density at radius 1 is 1.27 bits per heavy atom. The van der Waals surface area contributed by atoms with Crippen molar-refractivity contribution < 1.29 is 19.0 Å². The van der Waals surface area contributed by atoms with E-state index in [1.807, 2.05) is 24.3 Å². The molecule has 1 aliphatic rings. The summed E-state index contributed by atoms with van der Waals surface area (Å²) in [5.74, 6) is 1.46. The highest BCUT2D eigenvalue weighted by atomic mass is 16.7. The van der Waals surface area contributed by atoms with E-state index in [9.17, 15) is 10.1 Å². The van der Waals surface area contributed by atoms with Crippen LogP contribution in [0.4, 0.5) is 5.69 Å². The Morgan fingerprint density at radius 2 is 2.08 bits per heavy atom. The molecule has 0 radical (unpaired) electrons. The predicted molar refractivity (Wildman–Crippen MR) is 94.7 cm³/mol. The fourth-order valence-corrected chi connectivity index (χ4v) is 2.39. The predicted octanol–water partition coefficient (Wildman–Crippen LogP) is 2.56. The monoisotopic (exact) mass is 351 g/mol. The van der Waals surface area contributed by atoms with Gasteiger partial charge in [-0.3, -0.25) is 4.79 Å². The first kappa shape index (κ1) is 17.2. The Labute approximate surface area is 150 Å². The molecule has 0 aromatic heterocycles. The standard InChI is InChI=1S/C19H17N3O4/c1-24-16-5-3-2-4-15(16)21-11-14(9-20)19(23)22-10-13-6-7-17-18(8-13)26-12-25-17/h2-8,11,21H,10,12H2,1H3,(H,22,23)/b14-11-. The van der Waals surface area contributed by atoms with E-state index in [2.05, 4.69) is 10.6 Å². The summed E-state index contributed by atoms with van der Waals surface area (Å²) in [5, 5.41) is 14.9. The normalized spacial score (nSPS) is 12.2. The van der Waals surface area contributed by atoms with E-state index in [-0.39, 0.29) is 18.9 Å². The molecule has 0 bridgehead atoms. The summed E-state index contributed by atoms with van der Waals surface area (Å²) >= 11 is 0. The van der Waals surface area contributed by atoms with Crippen molar-refractivity contribution in [2.24, 2.45) is 0 Å². The second-order valence-corrected chi connectivity index (χ2v) is 5.38. The maximum absolute atomic E-state index is 12.2. The van der Waals surface area contributed by atoms with Gasteiger partial charge in [-0.15, -0.1) is 0 Å². The van der Waals surface area contributed by atoms with Crippen LogP contribution in [0.3, 0.4) is 0 Å². The number of anilines is 1. The van der Waals surface area contributed by atoms with Crippen LogP contribution in [0.25, 0.3) is 0 Å². The molecule has 2 aromatic rings. The summed E-state index contributed by atoms with van der Waals surface area (Å²) in [7, 11) is 1.55. The molecule has 2 aromatic carbocycles. The van der Waals surface area contributed by atoms with Gasteiger partial charge < -0.3 is 24.8 Å². The third-order valence-electron chi connectivity index (χ3n) is 3.73. The van der Waals surface area contributed by atoms with Crippen LogP contribution in [0.1, 0.15) is 5.56 Å². The van der Waals surface area contributed by atoms with Crippen LogP contribution in [0.5, 0.6) is 17.2 Å². The number of nitriles is 1. The summed E-state index contributed by atoms with van der Waals surface area (Å²) in [4.78, 5) is 12.2. The van der Waals surface area contributed by atoms with E-state index in [1.165, 1.54) is 6.20 Å². The van der Waals surface area contributed by atoms with Crippen molar-refractivity contribution in [2.75, 3.05) is 19.2 Å². The van der Waals surface area contributed by atoms with Crippen LogP contribution in [-0.4, -0.2) is 19.8 Å². The molecule has 2 N–H and O–H groups in total. The van der Waals surface area contributed by atoms with Gasteiger partial charge in [-0.2, -0.15) is 5.26 Å². The molecular weight excluding hydrogens is 334 g/mol. The zero-order chi connectivity index (χ0) is 18.4. The Bertz CT molecular complexity index is 887. The molecule has 0 atom stereocenters. The van der Waals surface area contributed by atoms with Gasteiger partial charge >= 0.3 is 0 Å². The molecule has 7 nitrogen and oxygen atoms in total. The van der Waals surface area contributed by atoms with Crippen molar-refractivity contribution in [2.45, 2.75) is 6.54 Å². The number of nitrogens with one attached hydrogen (secondary N) is 2. The first-order chi connectivity index (χ1) is 12.7. The average molecular weight is 351 g/mol. The van der Waals surface area contributed by atoms with E-state index in [0.717, 1.165) is 5.56 Å². The minimum Gasteiger partial charge on any atom is -0.495 e. The number of hydrogen-bond donors (Lipinski definition) is 2. The fourth-order valence-electron chi connectivity index (χ4n) is 2.39. The van der Waals surface area contributed by atoms with Gasteiger partial charge in [0.2, 0.25) is 6.79 Å². The van der Waals surface area contributed by atoms with Crippen molar-refractivity contribution in [3.63, 3.8) is 0 Å². The Morgan fingerprint density at radius 3 is 2.88 bits per heavy atom. The Kier molecular flexibility index (Phi) is 5.25. The molecule has 132 valence electrons. The number of rotatable bonds is 6. The number of amides is 1. The lowest BCUT2D eigenvalue weighted by molar-refractivity contribution is -0.117. The molecular formula is C19H17N3O4. The number of carbonyl (C=O) groups excluding carboxylic acids is 1. The van der Waals surface area contributed by atoms with Gasteiger partial charge in [-0.25, -0.2) is 0 Å². The highest BCUT2D eigenvalue weighted by molar-refractivity contribution is 5.97. The van der Waals surface area contributed by atoms with Crippen LogP contribution < -0.4 is 24.8 Å². The number of fused-ring (bicyclic) bond motifs is 1. The molecule has 0 saturated carbocycles. The SMILES string of the molecule is COc1ccccc1N/C=C(/C#N)C(=O)NCc1ccc2c(c1)OCO2. The Hall–Kier alpha value is -3.66. The molecule has 3 rings (SSSR count). The lowest BCUT2D eigenvalue weighted by Gasteiger charge is -2.08. The van der Waals surface area contributed by atoms with Gasteiger partial charge in [-0.1, -0.05) is 18.2 Å². The maximum atomic E-state index is 12.2. The van der Waals surface area contributed by atoms with Crippen LogP contribution in [-0.2, 0) is 11.3 Å². The van der Waals surface area contributed by atoms with Gasteiger partial charge in [-0.05, 0) is 29.8 Å². The maximum Gasteiger partial charge on any atom is 0.263 e. The van der Waals surface area contributed by atoms with E-state index in [0.29, 0.717) is 22.9 Å². The third-order valence-corrected chi connectivity index (χ3v) is 3.73. The van der Waals surface area contributed by atoms with Gasteiger partial charge in [0.05, 0.1) is 12.8 Å². The molecule has 0 unspecified atom stereocenters. The first-order valence-electron chi connectivity index (χ1n) is 7.88. The van der Waals surface area contributed by atoms with E-state index < -0.39 is 5.91 Å².